The lowest BCUT2D eigenvalue weighted by atomic mass is 9.88. The number of carbonyl (C=O) groups is 2. The zero-order valence-corrected chi connectivity index (χ0v) is 24.0. The molecule has 0 radical (unpaired) electrons. The highest BCUT2D eigenvalue weighted by molar-refractivity contribution is 6.03. The maximum Gasteiger partial charge on any atom is 0.405 e. The number of anilines is 1. The molecule has 10 nitrogen and oxygen atoms in total. The van der Waals surface area contributed by atoms with Gasteiger partial charge in [0, 0.05) is 43.0 Å². The molecule has 1 aromatic rings. The summed E-state index contributed by atoms with van der Waals surface area (Å²) in [5.41, 5.74) is 7.69. The summed E-state index contributed by atoms with van der Waals surface area (Å²) in [7, 11) is 4.55. The molecule has 0 fully saturated rings. The summed E-state index contributed by atoms with van der Waals surface area (Å²) in [6.45, 7) is 7.38. The zero-order chi connectivity index (χ0) is 29.3. The van der Waals surface area contributed by atoms with Gasteiger partial charge in [-0.3, -0.25) is 4.79 Å². The van der Waals surface area contributed by atoms with E-state index in [4.69, 9.17) is 24.7 Å². The third-order valence-corrected chi connectivity index (χ3v) is 7.15. The lowest BCUT2D eigenvalue weighted by Crippen LogP contribution is -2.37. The molecule has 1 aliphatic heterocycles. The Hall–Kier alpha value is -3.08. The third-order valence-electron chi connectivity index (χ3n) is 7.15. The molecule has 39 heavy (non-hydrogen) atoms. The van der Waals surface area contributed by atoms with Crippen molar-refractivity contribution >= 4 is 17.7 Å². The van der Waals surface area contributed by atoms with E-state index in [0.29, 0.717) is 48.3 Å². The third kappa shape index (κ3) is 8.98. The molecule has 5 N–H and O–H groups in total. The van der Waals surface area contributed by atoms with E-state index in [1.165, 1.54) is 20.3 Å². The van der Waals surface area contributed by atoms with Gasteiger partial charge in [-0.25, -0.2) is 4.79 Å². The highest BCUT2D eigenvalue weighted by Gasteiger charge is 2.30. The van der Waals surface area contributed by atoms with E-state index >= 15 is 0 Å². The number of fused-ring (bicyclic) bond motifs is 2. The molecule has 1 aromatic carbocycles. The summed E-state index contributed by atoms with van der Waals surface area (Å²) in [6.07, 6.45) is 1.95. The number of amides is 2. The van der Waals surface area contributed by atoms with E-state index < -0.39 is 30.5 Å². The van der Waals surface area contributed by atoms with Crippen molar-refractivity contribution in [1.29, 1.82) is 0 Å². The van der Waals surface area contributed by atoms with Gasteiger partial charge in [0.15, 0.2) is 17.6 Å². The molecule has 6 atom stereocenters. The van der Waals surface area contributed by atoms with Crippen molar-refractivity contribution in [2.24, 2.45) is 17.6 Å². The van der Waals surface area contributed by atoms with Gasteiger partial charge in [0.2, 0.25) is 0 Å². The number of carbonyl (C=O) groups excluding carboxylic acids is 2. The molecule has 0 aromatic heterocycles. The Bertz CT molecular complexity index is 1050. The number of benzene rings is 1. The van der Waals surface area contributed by atoms with Crippen LogP contribution in [0.25, 0.3) is 0 Å². The van der Waals surface area contributed by atoms with Crippen LogP contribution < -0.4 is 15.8 Å². The SMILES string of the molecule is COc1c(O)cc2cc1C[C@H](C)C[C@H](OC)[C@H](O)[C@H](C)/C=C(\C)[C@H](OC(N)=O)[C@H](OC)CC/C=C(\C)C(=O)N2. The number of hydrogen-bond donors (Lipinski definition) is 4. The summed E-state index contributed by atoms with van der Waals surface area (Å²) in [5, 5.41) is 24.6. The number of aliphatic hydroxyl groups excluding tert-OH is 1. The van der Waals surface area contributed by atoms with Crippen LogP contribution in [0, 0.1) is 11.8 Å². The summed E-state index contributed by atoms with van der Waals surface area (Å²) in [5.74, 6) is -0.375. The number of methoxy groups -OCH3 is 3. The Labute approximate surface area is 231 Å². The Balaban J connectivity index is 2.53. The number of nitrogens with two attached hydrogens (primary N) is 1. The molecule has 0 unspecified atom stereocenters. The van der Waals surface area contributed by atoms with Crippen LogP contribution in [0.1, 0.15) is 52.5 Å². The Kier molecular flexibility index (Phi) is 12.3. The predicted octanol–water partition coefficient (Wildman–Crippen LogP) is 4.09. The van der Waals surface area contributed by atoms with E-state index in [-0.39, 0.29) is 23.5 Å². The van der Waals surface area contributed by atoms with E-state index in [1.807, 2.05) is 19.9 Å². The number of primary amides is 1. The van der Waals surface area contributed by atoms with Gasteiger partial charge in [-0.15, -0.1) is 0 Å². The number of nitrogens with one attached hydrogen (secondary N) is 1. The van der Waals surface area contributed by atoms with Crippen LogP contribution in [0.5, 0.6) is 11.5 Å². The highest BCUT2D eigenvalue weighted by Crippen LogP contribution is 2.36. The van der Waals surface area contributed by atoms with Gasteiger partial charge in [0.05, 0.1) is 25.4 Å². The molecule has 218 valence electrons. The van der Waals surface area contributed by atoms with Crippen molar-refractivity contribution in [3.63, 3.8) is 0 Å². The Morgan fingerprint density at radius 2 is 1.77 bits per heavy atom. The maximum absolute atomic E-state index is 12.9. The fourth-order valence-corrected chi connectivity index (χ4v) is 5.08. The van der Waals surface area contributed by atoms with Gasteiger partial charge in [0.1, 0.15) is 0 Å². The zero-order valence-electron chi connectivity index (χ0n) is 24.0. The van der Waals surface area contributed by atoms with Gasteiger partial charge < -0.3 is 40.2 Å². The largest absolute Gasteiger partial charge is 0.504 e. The van der Waals surface area contributed by atoms with Crippen LogP contribution in [-0.2, 0) is 25.4 Å². The topological polar surface area (TPSA) is 150 Å². The molecule has 0 spiro atoms. The van der Waals surface area contributed by atoms with E-state index in [9.17, 15) is 19.8 Å². The first-order valence-corrected chi connectivity index (χ1v) is 13.2. The molecular weight excluding hydrogens is 504 g/mol. The lowest BCUT2D eigenvalue weighted by Gasteiger charge is -2.30. The fraction of sp³-hybridized carbons (Fsp3) is 0.586. The standard InChI is InChI=1S/C29H44N2O8/c1-16-11-20-14-21(15-22(32)27(20)38-7)31-28(34)17(2)9-8-10-23(36-5)26(39-29(30)35)19(4)13-18(3)25(33)24(12-16)37-6/h9,13-16,18,23-26,32-33H,8,10-12H2,1-7H3,(H2,30,35)(H,31,34)/b17-9+,19-13+/t16-,18+,23+,24-,25+,26-/m0/s1. The van der Waals surface area contributed by atoms with Crippen molar-refractivity contribution in [2.45, 2.75) is 77.8 Å². The minimum Gasteiger partial charge on any atom is -0.504 e. The van der Waals surface area contributed by atoms with E-state index in [2.05, 4.69) is 5.32 Å². The number of aliphatic hydroxyl groups is 1. The first-order chi connectivity index (χ1) is 18.4. The Morgan fingerprint density at radius 1 is 1.10 bits per heavy atom. The highest BCUT2D eigenvalue weighted by atomic mass is 16.6. The molecule has 1 heterocycles. The minimum absolute atomic E-state index is 0.0219. The monoisotopic (exact) mass is 548 g/mol. The quantitative estimate of drug-likeness (QED) is 0.411. The van der Waals surface area contributed by atoms with Gasteiger partial charge in [-0.1, -0.05) is 26.0 Å². The molecule has 0 aliphatic carbocycles. The number of ether oxygens (including phenoxy) is 4. The van der Waals surface area contributed by atoms with Crippen molar-refractivity contribution in [1.82, 2.24) is 0 Å². The van der Waals surface area contributed by atoms with Gasteiger partial charge in [-0.05, 0) is 57.1 Å². The second kappa shape index (κ2) is 14.9. The van der Waals surface area contributed by atoms with Gasteiger partial charge in [0.25, 0.3) is 5.91 Å². The minimum atomic E-state index is -0.934. The molecule has 0 saturated heterocycles. The fourth-order valence-electron chi connectivity index (χ4n) is 5.08. The molecule has 2 amide bonds. The number of allylic oxidation sites excluding steroid dienone is 1. The summed E-state index contributed by atoms with van der Waals surface area (Å²) in [6, 6.07) is 3.24. The van der Waals surface area contributed by atoms with Crippen LogP contribution >= 0.6 is 0 Å². The normalized spacial score (nSPS) is 30.3. The van der Waals surface area contributed by atoms with Crippen LogP contribution in [0.3, 0.4) is 0 Å². The smallest absolute Gasteiger partial charge is 0.405 e. The first-order valence-electron chi connectivity index (χ1n) is 13.2. The van der Waals surface area contributed by atoms with Crippen LogP contribution in [0.4, 0.5) is 10.5 Å². The summed E-state index contributed by atoms with van der Waals surface area (Å²) in [4.78, 5) is 24.6. The van der Waals surface area contributed by atoms with Crippen LogP contribution in [0.15, 0.2) is 35.4 Å². The van der Waals surface area contributed by atoms with Crippen molar-refractivity contribution in [3.8, 4) is 11.5 Å². The van der Waals surface area contributed by atoms with Crippen molar-refractivity contribution in [3.05, 3.63) is 41.0 Å². The number of phenols is 1. The second-order valence-corrected chi connectivity index (χ2v) is 10.3. The molecule has 2 bridgehead atoms. The van der Waals surface area contributed by atoms with Crippen LogP contribution in [0.2, 0.25) is 0 Å². The van der Waals surface area contributed by atoms with Gasteiger partial charge >= 0.3 is 6.09 Å². The number of rotatable bonds is 4. The van der Waals surface area contributed by atoms with Crippen molar-refractivity contribution < 1.29 is 38.7 Å². The predicted molar refractivity (Wildman–Crippen MR) is 149 cm³/mol. The average molecular weight is 549 g/mol. The second-order valence-electron chi connectivity index (χ2n) is 10.3. The molecule has 10 heteroatoms. The number of hydrogen-bond acceptors (Lipinski definition) is 8. The molecular formula is C29H44N2O8. The molecule has 0 saturated carbocycles. The molecule has 2 rings (SSSR count). The summed E-state index contributed by atoms with van der Waals surface area (Å²) < 4.78 is 22.2. The van der Waals surface area contributed by atoms with Crippen LogP contribution in [-0.4, -0.2) is 68.0 Å². The Morgan fingerprint density at radius 3 is 2.36 bits per heavy atom. The average Bonchev–Trinajstić information content (AvgIpc) is 2.87. The maximum atomic E-state index is 12.9. The summed E-state index contributed by atoms with van der Waals surface area (Å²) >= 11 is 0. The number of aromatic hydroxyl groups is 1. The lowest BCUT2D eigenvalue weighted by molar-refractivity contribution is -0.112. The number of phenolic OH excluding ortho intramolecular Hbond substituents is 1. The van der Waals surface area contributed by atoms with Gasteiger partial charge in [-0.2, -0.15) is 0 Å². The first kappa shape index (κ1) is 32.1. The van der Waals surface area contributed by atoms with E-state index in [0.717, 1.165) is 5.56 Å². The molecule has 1 aliphatic rings. The van der Waals surface area contributed by atoms with Crippen molar-refractivity contribution in [2.75, 3.05) is 26.6 Å². The van der Waals surface area contributed by atoms with E-state index in [1.54, 1.807) is 33.1 Å².